The molecule has 0 bridgehead atoms. The lowest BCUT2D eigenvalue weighted by Crippen LogP contribution is -2.08. The van der Waals surface area contributed by atoms with Crippen LogP contribution in [0.5, 0.6) is 0 Å². The maximum absolute atomic E-state index is 5.70. The first-order valence-electron chi connectivity index (χ1n) is 5.00. The van der Waals surface area contributed by atoms with Crippen molar-refractivity contribution in [3.05, 3.63) is 17.5 Å². The van der Waals surface area contributed by atoms with Gasteiger partial charge in [-0.2, -0.15) is 5.10 Å². The number of hydrogen-bond donors (Lipinski definition) is 1. The lowest BCUT2D eigenvalue weighted by molar-refractivity contribution is 0.509. The number of aromatic nitrogens is 2. The van der Waals surface area contributed by atoms with Crippen LogP contribution in [0.15, 0.2) is 6.20 Å². The zero-order chi connectivity index (χ0) is 9.42. The number of hydrogen-bond acceptors (Lipinski definition) is 2. The molecule has 0 spiro atoms. The van der Waals surface area contributed by atoms with Crippen LogP contribution in [0.2, 0.25) is 0 Å². The number of fused-ring (bicyclic) bond motifs is 1. The van der Waals surface area contributed by atoms with Crippen LogP contribution in [0.4, 0.5) is 0 Å². The summed E-state index contributed by atoms with van der Waals surface area (Å²) in [4.78, 5) is 0. The Morgan fingerprint density at radius 3 is 3.08 bits per heavy atom. The highest BCUT2D eigenvalue weighted by molar-refractivity contribution is 5.28. The van der Waals surface area contributed by atoms with E-state index < -0.39 is 0 Å². The van der Waals surface area contributed by atoms with Crippen LogP contribution in [-0.2, 0) is 6.42 Å². The van der Waals surface area contributed by atoms with Gasteiger partial charge in [0.05, 0.1) is 6.20 Å². The van der Waals surface area contributed by atoms with Crippen LogP contribution >= 0.6 is 0 Å². The van der Waals surface area contributed by atoms with Gasteiger partial charge in [0.25, 0.3) is 0 Å². The number of nitrogens with two attached hydrogens (primary N) is 1. The van der Waals surface area contributed by atoms with Crippen molar-refractivity contribution in [2.45, 2.75) is 38.6 Å². The second kappa shape index (κ2) is 3.14. The Morgan fingerprint density at radius 1 is 1.69 bits per heavy atom. The topological polar surface area (TPSA) is 43.8 Å². The maximum atomic E-state index is 5.70. The normalized spacial score (nSPS) is 21.1. The highest BCUT2D eigenvalue weighted by Gasteiger charge is 2.25. The van der Waals surface area contributed by atoms with E-state index in [4.69, 9.17) is 5.73 Å². The van der Waals surface area contributed by atoms with Crippen molar-refractivity contribution in [3.63, 3.8) is 0 Å². The van der Waals surface area contributed by atoms with Crippen molar-refractivity contribution in [1.29, 1.82) is 0 Å². The number of nitrogens with zero attached hydrogens (tertiary/aromatic N) is 2. The molecule has 1 aliphatic rings. The molecule has 0 aliphatic heterocycles. The predicted octanol–water partition coefficient (Wildman–Crippen LogP) is 1.45. The molecule has 1 aromatic heterocycles. The van der Waals surface area contributed by atoms with E-state index in [-0.39, 0.29) is 0 Å². The van der Waals surface area contributed by atoms with Crippen molar-refractivity contribution >= 4 is 0 Å². The summed E-state index contributed by atoms with van der Waals surface area (Å²) in [5.74, 6) is 0.558. The van der Waals surface area contributed by atoms with E-state index in [1.165, 1.54) is 17.7 Å². The molecule has 0 saturated carbocycles. The third-order valence-corrected chi connectivity index (χ3v) is 2.87. The molecule has 3 heteroatoms. The maximum Gasteiger partial charge on any atom is 0.0528 e. The molecular formula is C10H17N3. The van der Waals surface area contributed by atoms with Gasteiger partial charge in [0.15, 0.2) is 0 Å². The van der Waals surface area contributed by atoms with E-state index in [1.807, 2.05) is 6.20 Å². The quantitative estimate of drug-likeness (QED) is 0.746. The molecule has 0 amide bonds. The first-order valence-corrected chi connectivity index (χ1v) is 5.00. The van der Waals surface area contributed by atoms with Gasteiger partial charge in [0.1, 0.15) is 0 Å². The van der Waals surface area contributed by atoms with Crippen molar-refractivity contribution < 1.29 is 0 Å². The van der Waals surface area contributed by atoms with Gasteiger partial charge < -0.3 is 5.73 Å². The first kappa shape index (κ1) is 8.75. The second-order valence-corrected chi connectivity index (χ2v) is 4.06. The van der Waals surface area contributed by atoms with Crippen LogP contribution in [0.3, 0.4) is 0 Å². The van der Waals surface area contributed by atoms with Crippen LogP contribution in [-0.4, -0.2) is 16.3 Å². The highest BCUT2D eigenvalue weighted by Crippen LogP contribution is 2.33. The molecule has 13 heavy (non-hydrogen) atoms. The van der Waals surface area contributed by atoms with Crippen LogP contribution in [0.25, 0.3) is 0 Å². The van der Waals surface area contributed by atoms with Gasteiger partial charge in [-0.25, -0.2) is 0 Å². The Kier molecular flexibility index (Phi) is 2.12. The van der Waals surface area contributed by atoms with Gasteiger partial charge in [-0.1, -0.05) is 0 Å². The fourth-order valence-electron chi connectivity index (χ4n) is 2.16. The minimum Gasteiger partial charge on any atom is -0.330 e. The summed E-state index contributed by atoms with van der Waals surface area (Å²) >= 11 is 0. The average Bonchev–Trinajstić information content (AvgIpc) is 2.61. The molecule has 1 heterocycles. The molecule has 0 fully saturated rings. The monoisotopic (exact) mass is 179 g/mol. The van der Waals surface area contributed by atoms with Gasteiger partial charge >= 0.3 is 0 Å². The Morgan fingerprint density at radius 2 is 2.46 bits per heavy atom. The Bertz CT molecular complexity index is 301. The van der Waals surface area contributed by atoms with Crippen molar-refractivity contribution in [3.8, 4) is 0 Å². The van der Waals surface area contributed by atoms with Crippen molar-refractivity contribution in [2.24, 2.45) is 5.73 Å². The third kappa shape index (κ3) is 1.27. The molecule has 0 aromatic carbocycles. The molecular weight excluding hydrogens is 162 g/mol. The van der Waals surface area contributed by atoms with Gasteiger partial charge in [0.2, 0.25) is 0 Å². The van der Waals surface area contributed by atoms with Crippen LogP contribution < -0.4 is 5.73 Å². The van der Waals surface area contributed by atoms with E-state index in [1.54, 1.807) is 0 Å². The largest absolute Gasteiger partial charge is 0.330 e. The van der Waals surface area contributed by atoms with Crippen molar-refractivity contribution in [2.75, 3.05) is 6.54 Å². The van der Waals surface area contributed by atoms with E-state index in [0.29, 0.717) is 12.0 Å². The molecule has 2 N–H and O–H groups in total. The average molecular weight is 179 g/mol. The lowest BCUT2D eigenvalue weighted by atomic mass is 10.1. The molecule has 1 aliphatic carbocycles. The molecule has 0 saturated heterocycles. The van der Waals surface area contributed by atoms with E-state index in [9.17, 15) is 0 Å². The molecule has 1 atom stereocenters. The molecule has 72 valence electrons. The summed E-state index contributed by atoms with van der Waals surface area (Å²) in [6.07, 6.45) is 4.35. The molecule has 2 rings (SSSR count). The standard InChI is InChI=1S/C10H17N3/c1-7(2)13-10-4-3-8(5-11)9(10)6-12-13/h6-8H,3-5,11H2,1-2H3. The van der Waals surface area contributed by atoms with Gasteiger partial charge in [-0.3, -0.25) is 4.68 Å². The van der Waals surface area contributed by atoms with Crippen molar-refractivity contribution in [1.82, 2.24) is 9.78 Å². The molecule has 0 radical (unpaired) electrons. The second-order valence-electron chi connectivity index (χ2n) is 4.06. The molecule has 3 nitrogen and oxygen atoms in total. The summed E-state index contributed by atoms with van der Waals surface area (Å²) in [5.41, 5.74) is 8.49. The Balaban J connectivity index is 2.36. The summed E-state index contributed by atoms with van der Waals surface area (Å²) in [6.45, 7) is 5.10. The zero-order valence-electron chi connectivity index (χ0n) is 8.33. The van der Waals surface area contributed by atoms with Crippen LogP contribution in [0, 0.1) is 0 Å². The van der Waals surface area contributed by atoms with E-state index in [0.717, 1.165) is 13.0 Å². The SMILES string of the molecule is CC(C)n1ncc2c1CCC2CN. The third-order valence-electron chi connectivity index (χ3n) is 2.87. The smallest absolute Gasteiger partial charge is 0.0528 e. The fourth-order valence-corrected chi connectivity index (χ4v) is 2.16. The van der Waals surface area contributed by atoms with Gasteiger partial charge in [-0.15, -0.1) is 0 Å². The summed E-state index contributed by atoms with van der Waals surface area (Å²) in [7, 11) is 0. The lowest BCUT2D eigenvalue weighted by Gasteiger charge is -2.08. The number of rotatable bonds is 2. The highest BCUT2D eigenvalue weighted by atomic mass is 15.3. The fraction of sp³-hybridized carbons (Fsp3) is 0.700. The van der Waals surface area contributed by atoms with E-state index in [2.05, 4.69) is 23.6 Å². The Hall–Kier alpha value is -0.830. The zero-order valence-corrected chi connectivity index (χ0v) is 8.33. The van der Waals surface area contributed by atoms with Gasteiger partial charge in [0, 0.05) is 11.7 Å². The molecule has 1 unspecified atom stereocenters. The van der Waals surface area contributed by atoms with E-state index >= 15 is 0 Å². The minimum atomic E-state index is 0.472. The van der Waals surface area contributed by atoms with Gasteiger partial charge in [-0.05, 0) is 44.7 Å². The summed E-state index contributed by atoms with van der Waals surface area (Å²) in [5, 5.41) is 4.40. The molecule has 1 aromatic rings. The predicted molar refractivity (Wildman–Crippen MR) is 52.7 cm³/mol. The Labute approximate surface area is 78.9 Å². The minimum absolute atomic E-state index is 0.472. The first-order chi connectivity index (χ1) is 6.24. The van der Waals surface area contributed by atoms with Crippen LogP contribution in [0.1, 0.15) is 43.5 Å². The summed E-state index contributed by atoms with van der Waals surface area (Å²) < 4.78 is 2.13. The summed E-state index contributed by atoms with van der Waals surface area (Å²) in [6, 6.07) is 0.472.